The smallest absolute Gasteiger partial charge is 0.335 e. The molecule has 1 heterocycles. The number of aromatic nitrogens is 1. The third kappa shape index (κ3) is 4.78. The molecule has 6 nitrogen and oxygen atoms in total. The molecule has 154 valence electrons. The van der Waals surface area contributed by atoms with Crippen molar-refractivity contribution in [2.75, 3.05) is 0 Å². The number of aromatic carboxylic acids is 1. The van der Waals surface area contributed by atoms with Gasteiger partial charge in [0.25, 0.3) is 5.91 Å². The van der Waals surface area contributed by atoms with Crippen molar-refractivity contribution in [2.45, 2.75) is 26.8 Å². The lowest BCUT2D eigenvalue weighted by atomic mass is 10.1. The summed E-state index contributed by atoms with van der Waals surface area (Å²) in [5.41, 5.74) is 3.16. The van der Waals surface area contributed by atoms with Gasteiger partial charge < -0.3 is 15.2 Å². The number of rotatable bonds is 6. The molecule has 0 saturated heterocycles. The normalized spacial score (nSPS) is 11.6. The number of carbonyl (C=O) groups excluding carboxylic acids is 1. The Kier molecular flexibility index (Phi) is 6.37. The van der Waals surface area contributed by atoms with Gasteiger partial charge in [-0.2, -0.15) is 0 Å². The zero-order valence-electron chi connectivity index (χ0n) is 16.8. The summed E-state index contributed by atoms with van der Waals surface area (Å²) in [5, 5.41) is 12.2. The summed E-state index contributed by atoms with van der Waals surface area (Å²) >= 11 is 6.07. The largest absolute Gasteiger partial charge is 0.478 e. The second kappa shape index (κ2) is 8.97. The van der Waals surface area contributed by atoms with Gasteiger partial charge in [0.1, 0.15) is 11.3 Å². The van der Waals surface area contributed by atoms with Crippen LogP contribution in [0.3, 0.4) is 0 Å². The Morgan fingerprint density at radius 1 is 1.13 bits per heavy atom. The zero-order valence-corrected chi connectivity index (χ0v) is 17.5. The summed E-state index contributed by atoms with van der Waals surface area (Å²) in [6.07, 6.45) is 1.42. The summed E-state index contributed by atoms with van der Waals surface area (Å²) in [4.78, 5) is 28.1. The Labute approximate surface area is 179 Å². The second-order valence-corrected chi connectivity index (χ2v) is 7.37. The van der Waals surface area contributed by atoms with Crippen LogP contribution in [0.4, 0.5) is 0 Å². The van der Waals surface area contributed by atoms with E-state index in [2.05, 4.69) is 10.3 Å². The van der Waals surface area contributed by atoms with Crippen molar-refractivity contribution in [2.24, 2.45) is 0 Å². The van der Waals surface area contributed by atoms with Crippen LogP contribution in [0.25, 0.3) is 0 Å². The predicted molar refractivity (Wildman–Crippen MR) is 115 cm³/mol. The minimum Gasteiger partial charge on any atom is -0.478 e. The van der Waals surface area contributed by atoms with Crippen molar-refractivity contribution < 1.29 is 19.4 Å². The van der Waals surface area contributed by atoms with Crippen LogP contribution in [0.5, 0.6) is 11.6 Å². The summed E-state index contributed by atoms with van der Waals surface area (Å²) in [6, 6.07) is 13.1. The fourth-order valence-electron chi connectivity index (χ4n) is 2.88. The van der Waals surface area contributed by atoms with Crippen molar-refractivity contribution in [3.8, 4) is 11.6 Å². The summed E-state index contributed by atoms with van der Waals surface area (Å²) < 4.78 is 5.93. The summed E-state index contributed by atoms with van der Waals surface area (Å²) in [7, 11) is 0. The molecule has 0 saturated carbocycles. The molecule has 2 N–H and O–H groups in total. The number of carbonyl (C=O) groups is 2. The van der Waals surface area contributed by atoms with E-state index >= 15 is 0 Å². The third-order valence-corrected chi connectivity index (χ3v) is 5.04. The minimum absolute atomic E-state index is 0.152. The Balaban J connectivity index is 1.83. The molecule has 2 aromatic carbocycles. The van der Waals surface area contributed by atoms with E-state index in [-0.39, 0.29) is 23.0 Å². The number of carboxylic acids is 1. The van der Waals surface area contributed by atoms with Gasteiger partial charge in [-0.15, -0.1) is 0 Å². The predicted octanol–water partition coefficient (Wildman–Crippen LogP) is 5.33. The van der Waals surface area contributed by atoms with E-state index < -0.39 is 11.9 Å². The molecule has 3 aromatic rings. The number of benzene rings is 2. The Bertz CT molecular complexity index is 1100. The molecule has 1 aromatic heterocycles. The lowest BCUT2D eigenvalue weighted by molar-refractivity contribution is 0.0696. The molecular formula is C23H21ClN2O4. The van der Waals surface area contributed by atoms with Crippen LogP contribution < -0.4 is 10.1 Å². The molecule has 7 heteroatoms. The van der Waals surface area contributed by atoms with Gasteiger partial charge in [-0.1, -0.05) is 35.9 Å². The van der Waals surface area contributed by atoms with E-state index in [1.807, 2.05) is 32.0 Å². The molecule has 0 radical (unpaired) electrons. The molecule has 0 spiro atoms. The number of aryl methyl sites for hydroxylation is 1. The van der Waals surface area contributed by atoms with Gasteiger partial charge in [-0.25, -0.2) is 9.78 Å². The molecule has 0 fully saturated rings. The topological polar surface area (TPSA) is 88.5 Å². The van der Waals surface area contributed by atoms with Crippen molar-refractivity contribution >= 4 is 23.5 Å². The first-order valence-corrected chi connectivity index (χ1v) is 9.67. The molecular weight excluding hydrogens is 404 g/mol. The van der Waals surface area contributed by atoms with Crippen LogP contribution in [-0.4, -0.2) is 22.0 Å². The maximum atomic E-state index is 12.9. The number of pyridine rings is 1. The molecule has 0 aliphatic heterocycles. The number of hydrogen-bond donors (Lipinski definition) is 2. The average Bonchev–Trinajstić information content (AvgIpc) is 2.72. The van der Waals surface area contributed by atoms with Crippen molar-refractivity contribution in [3.63, 3.8) is 0 Å². The van der Waals surface area contributed by atoms with Crippen LogP contribution >= 0.6 is 11.6 Å². The Morgan fingerprint density at radius 3 is 2.50 bits per heavy atom. The molecule has 0 bridgehead atoms. The van der Waals surface area contributed by atoms with Crippen LogP contribution in [0, 0.1) is 13.8 Å². The Morgan fingerprint density at radius 2 is 1.83 bits per heavy atom. The number of carboxylic acid groups (broad SMARTS) is 1. The van der Waals surface area contributed by atoms with E-state index in [0.29, 0.717) is 10.8 Å². The van der Waals surface area contributed by atoms with E-state index in [1.165, 1.54) is 24.4 Å². The molecule has 0 aliphatic rings. The number of nitrogens with one attached hydrogen (secondary N) is 1. The molecule has 1 amide bonds. The van der Waals surface area contributed by atoms with Crippen molar-refractivity contribution in [1.82, 2.24) is 10.3 Å². The third-order valence-electron chi connectivity index (χ3n) is 4.83. The lowest BCUT2D eigenvalue weighted by Gasteiger charge is -2.17. The maximum absolute atomic E-state index is 12.9. The first-order valence-electron chi connectivity index (χ1n) is 9.30. The average molecular weight is 425 g/mol. The van der Waals surface area contributed by atoms with Gasteiger partial charge in [0.05, 0.1) is 16.6 Å². The number of amides is 1. The first kappa shape index (κ1) is 21.3. The fourth-order valence-corrected chi connectivity index (χ4v) is 3.04. The summed E-state index contributed by atoms with van der Waals surface area (Å²) in [5.74, 6) is -0.646. The SMILES string of the molecule is Cc1cccc(Oc2ncc(Cl)cc2C(=O)NC(C)c2ccc(C(=O)O)cc2)c1C. The quantitative estimate of drug-likeness (QED) is 0.558. The molecule has 1 unspecified atom stereocenters. The molecule has 0 aliphatic carbocycles. The standard InChI is InChI=1S/C23H21ClN2O4/c1-13-5-4-6-20(14(13)2)30-22-19(11-18(24)12-25-22)21(27)26-15(3)16-7-9-17(10-8-16)23(28)29/h4-12,15H,1-3H3,(H,26,27)(H,28,29). The molecule has 30 heavy (non-hydrogen) atoms. The number of ether oxygens (including phenoxy) is 1. The lowest BCUT2D eigenvalue weighted by Crippen LogP contribution is -2.27. The summed E-state index contributed by atoms with van der Waals surface area (Å²) in [6.45, 7) is 5.71. The zero-order chi connectivity index (χ0) is 21.8. The van der Waals surface area contributed by atoms with Gasteiger partial charge >= 0.3 is 5.97 Å². The van der Waals surface area contributed by atoms with Gasteiger partial charge in [-0.3, -0.25) is 4.79 Å². The maximum Gasteiger partial charge on any atom is 0.335 e. The van der Waals surface area contributed by atoms with Crippen LogP contribution in [-0.2, 0) is 0 Å². The highest BCUT2D eigenvalue weighted by molar-refractivity contribution is 6.30. The number of hydrogen-bond acceptors (Lipinski definition) is 4. The highest BCUT2D eigenvalue weighted by Crippen LogP contribution is 2.29. The van der Waals surface area contributed by atoms with Gasteiger partial charge in [-0.05, 0) is 61.7 Å². The van der Waals surface area contributed by atoms with Gasteiger partial charge in [0.15, 0.2) is 0 Å². The second-order valence-electron chi connectivity index (χ2n) is 6.93. The molecule has 1 atom stereocenters. The van der Waals surface area contributed by atoms with Crippen molar-refractivity contribution in [3.05, 3.63) is 87.6 Å². The number of nitrogens with zero attached hydrogens (tertiary/aromatic N) is 1. The first-order chi connectivity index (χ1) is 14.3. The molecule has 3 rings (SSSR count). The van der Waals surface area contributed by atoms with Gasteiger partial charge in [0.2, 0.25) is 5.88 Å². The highest BCUT2D eigenvalue weighted by atomic mass is 35.5. The highest BCUT2D eigenvalue weighted by Gasteiger charge is 2.19. The minimum atomic E-state index is -1.00. The van der Waals surface area contributed by atoms with Crippen molar-refractivity contribution in [1.29, 1.82) is 0 Å². The number of halogens is 1. The van der Waals surface area contributed by atoms with E-state index in [1.54, 1.807) is 19.1 Å². The van der Waals surface area contributed by atoms with Crippen LogP contribution in [0.15, 0.2) is 54.7 Å². The van der Waals surface area contributed by atoms with E-state index in [0.717, 1.165) is 16.7 Å². The fraction of sp³-hybridized carbons (Fsp3) is 0.174. The van der Waals surface area contributed by atoms with Crippen LogP contribution in [0.2, 0.25) is 5.02 Å². The van der Waals surface area contributed by atoms with Crippen LogP contribution in [0.1, 0.15) is 50.4 Å². The van der Waals surface area contributed by atoms with E-state index in [9.17, 15) is 9.59 Å². The van der Waals surface area contributed by atoms with E-state index in [4.69, 9.17) is 21.4 Å². The monoisotopic (exact) mass is 424 g/mol. The van der Waals surface area contributed by atoms with Gasteiger partial charge in [0, 0.05) is 6.20 Å². The Hall–Kier alpha value is -3.38.